The van der Waals surface area contributed by atoms with Crippen LogP contribution in [-0.2, 0) is 4.79 Å². The lowest BCUT2D eigenvalue weighted by Crippen LogP contribution is -2.44. The first-order chi connectivity index (χ1) is 10.1. The highest BCUT2D eigenvalue weighted by Crippen LogP contribution is 2.23. The molecule has 1 atom stereocenters. The molecule has 1 saturated carbocycles. The SMILES string of the molecule is CC[C@@H](Oc1cccc(C)c1C)C(=O)NC1CCCCC1. The molecule has 2 rings (SSSR count). The molecule has 116 valence electrons. The number of amides is 1. The second-order valence-corrected chi connectivity index (χ2v) is 6.06. The highest BCUT2D eigenvalue weighted by Gasteiger charge is 2.23. The highest BCUT2D eigenvalue weighted by molar-refractivity contribution is 5.81. The number of carbonyl (C=O) groups excluding carboxylic acids is 1. The van der Waals surface area contributed by atoms with E-state index in [1.54, 1.807) is 0 Å². The van der Waals surface area contributed by atoms with E-state index in [2.05, 4.69) is 18.3 Å². The van der Waals surface area contributed by atoms with Crippen molar-refractivity contribution in [1.82, 2.24) is 5.32 Å². The molecule has 0 aromatic heterocycles. The van der Waals surface area contributed by atoms with Gasteiger partial charge in [-0.1, -0.05) is 38.3 Å². The summed E-state index contributed by atoms with van der Waals surface area (Å²) in [5.74, 6) is 0.853. The van der Waals surface area contributed by atoms with Crippen LogP contribution in [0.15, 0.2) is 18.2 Å². The molecule has 1 N–H and O–H groups in total. The number of aryl methyl sites for hydroxylation is 1. The van der Waals surface area contributed by atoms with Gasteiger partial charge in [0.2, 0.25) is 0 Å². The van der Waals surface area contributed by atoms with Crippen LogP contribution in [0.1, 0.15) is 56.6 Å². The van der Waals surface area contributed by atoms with Crippen LogP contribution >= 0.6 is 0 Å². The Morgan fingerprint density at radius 2 is 2.00 bits per heavy atom. The first-order valence-corrected chi connectivity index (χ1v) is 8.15. The van der Waals surface area contributed by atoms with Gasteiger partial charge in [0.1, 0.15) is 5.75 Å². The molecule has 0 heterocycles. The Morgan fingerprint density at radius 1 is 1.29 bits per heavy atom. The van der Waals surface area contributed by atoms with Crippen molar-refractivity contribution in [2.75, 3.05) is 0 Å². The average molecular weight is 289 g/mol. The Hall–Kier alpha value is -1.51. The van der Waals surface area contributed by atoms with Crippen molar-refractivity contribution in [3.05, 3.63) is 29.3 Å². The summed E-state index contributed by atoms with van der Waals surface area (Å²) in [5, 5.41) is 3.16. The standard InChI is InChI=1S/C18H27NO2/c1-4-16(18(20)19-15-10-6-5-7-11-15)21-17-12-8-9-13(2)14(17)3/h8-9,12,15-16H,4-7,10-11H2,1-3H3,(H,19,20)/t16-/m1/s1. The molecule has 1 aromatic rings. The summed E-state index contributed by atoms with van der Waals surface area (Å²) in [4.78, 5) is 12.4. The predicted molar refractivity (Wildman–Crippen MR) is 85.6 cm³/mol. The van der Waals surface area contributed by atoms with Gasteiger partial charge in [0, 0.05) is 6.04 Å². The molecule has 0 unspecified atom stereocenters. The predicted octanol–water partition coefficient (Wildman–Crippen LogP) is 3.91. The molecule has 0 bridgehead atoms. The van der Waals surface area contributed by atoms with Crippen molar-refractivity contribution in [2.45, 2.75) is 71.4 Å². The summed E-state index contributed by atoms with van der Waals surface area (Å²) in [6.07, 6.45) is 6.23. The van der Waals surface area contributed by atoms with Crippen LogP contribution in [0.4, 0.5) is 0 Å². The van der Waals surface area contributed by atoms with E-state index in [0.29, 0.717) is 12.5 Å². The molecule has 0 radical (unpaired) electrons. The molecule has 1 aliphatic carbocycles. The van der Waals surface area contributed by atoms with Crippen LogP contribution in [0.2, 0.25) is 0 Å². The number of rotatable bonds is 5. The summed E-state index contributed by atoms with van der Waals surface area (Å²) in [6, 6.07) is 6.32. The van der Waals surface area contributed by atoms with E-state index >= 15 is 0 Å². The second-order valence-electron chi connectivity index (χ2n) is 6.06. The van der Waals surface area contributed by atoms with Crippen LogP contribution in [0.3, 0.4) is 0 Å². The lowest BCUT2D eigenvalue weighted by Gasteiger charge is -2.26. The monoisotopic (exact) mass is 289 g/mol. The van der Waals surface area contributed by atoms with Gasteiger partial charge in [-0.3, -0.25) is 4.79 Å². The first kappa shape index (κ1) is 15.9. The van der Waals surface area contributed by atoms with Crippen molar-refractivity contribution in [3.63, 3.8) is 0 Å². The molecule has 0 saturated heterocycles. The molecule has 1 aliphatic rings. The normalized spacial score (nSPS) is 17.3. The summed E-state index contributed by atoms with van der Waals surface area (Å²) >= 11 is 0. The number of hydrogen-bond donors (Lipinski definition) is 1. The van der Waals surface area contributed by atoms with Crippen LogP contribution < -0.4 is 10.1 Å². The molecule has 1 fully saturated rings. The van der Waals surface area contributed by atoms with Crippen molar-refractivity contribution in [1.29, 1.82) is 0 Å². The quantitative estimate of drug-likeness (QED) is 0.892. The van der Waals surface area contributed by atoms with Crippen molar-refractivity contribution in [3.8, 4) is 5.75 Å². The summed E-state index contributed by atoms with van der Waals surface area (Å²) in [5.41, 5.74) is 2.30. The molecule has 0 spiro atoms. The van der Waals surface area contributed by atoms with E-state index in [0.717, 1.165) is 24.2 Å². The van der Waals surface area contributed by atoms with E-state index in [9.17, 15) is 4.79 Å². The number of hydrogen-bond acceptors (Lipinski definition) is 2. The van der Waals surface area contributed by atoms with Gasteiger partial charge < -0.3 is 10.1 Å². The highest BCUT2D eigenvalue weighted by atomic mass is 16.5. The fourth-order valence-corrected chi connectivity index (χ4v) is 2.87. The van der Waals surface area contributed by atoms with Gasteiger partial charge in [0.25, 0.3) is 5.91 Å². The van der Waals surface area contributed by atoms with Gasteiger partial charge >= 0.3 is 0 Å². The van der Waals surface area contributed by atoms with E-state index in [1.165, 1.54) is 24.8 Å². The van der Waals surface area contributed by atoms with Gasteiger partial charge in [0.15, 0.2) is 6.10 Å². The maximum Gasteiger partial charge on any atom is 0.261 e. The minimum atomic E-state index is -0.396. The van der Waals surface area contributed by atoms with Gasteiger partial charge in [0.05, 0.1) is 0 Å². The smallest absolute Gasteiger partial charge is 0.261 e. The zero-order chi connectivity index (χ0) is 15.2. The van der Waals surface area contributed by atoms with Gasteiger partial charge in [-0.05, 0) is 50.3 Å². The van der Waals surface area contributed by atoms with Crippen LogP contribution in [-0.4, -0.2) is 18.1 Å². The third kappa shape index (κ3) is 4.23. The topological polar surface area (TPSA) is 38.3 Å². The fraction of sp³-hybridized carbons (Fsp3) is 0.611. The molecule has 21 heavy (non-hydrogen) atoms. The Labute approximate surface area is 128 Å². The molecule has 3 heteroatoms. The second kappa shape index (κ2) is 7.48. The summed E-state index contributed by atoms with van der Waals surface area (Å²) in [7, 11) is 0. The molecule has 1 amide bonds. The van der Waals surface area contributed by atoms with Gasteiger partial charge in [-0.15, -0.1) is 0 Å². The van der Waals surface area contributed by atoms with Crippen LogP contribution in [0.5, 0.6) is 5.75 Å². The summed E-state index contributed by atoms with van der Waals surface area (Å²) in [6.45, 7) is 6.10. The van der Waals surface area contributed by atoms with Crippen molar-refractivity contribution >= 4 is 5.91 Å². The number of ether oxygens (including phenoxy) is 1. The van der Waals surface area contributed by atoms with Crippen molar-refractivity contribution < 1.29 is 9.53 Å². The third-order valence-electron chi connectivity index (χ3n) is 4.44. The zero-order valence-corrected chi connectivity index (χ0v) is 13.4. The Morgan fingerprint density at radius 3 is 2.67 bits per heavy atom. The van der Waals surface area contributed by atoms with E-state index < -0.39 is 6.10 Å². The maximum atomic E-state index is 12.4. The Bertz CT molecular complexity index is 478. The maximum absolute atomic E-state index is 12.4. The van der Waals surface area contributed by atoms with Crippen molar-refractivity contribution in [2.24, 2.45) is 0 Å². The third-order valence-corrected chi connectivity index (χ3v) is 4.44. The Kier molecular flexibility index (Phi) is 5.66. The molecular formula is C18H27NO2. The lowest BCUT2D eigenvalue weighted by molar-refractivity contribution is -0.129. The number of nitrogens with one attached hydrogen (secondary N) is 1. The fourth-order valence-electron chi connectivity index (χ4n) is 2.87. The van der Waals surface area contributed by atoms with Crippen LogP contribution in [0, 0.1) is 13.8 Å². The molecular weight excluding hydrogens is 262 g/mol. The molecule has 0 aliphatic heterocycles. The van der Waals surface area contributed by atoms with Gasteiger partial charge in [-0.2, -0.15) is 0 Å². The number of carbonyl (C=O) groups is 1. The average Bonchev–Trinajstić information content (AvgIpc) is 2.49. The molecule has 3 nitrogen and oxygen atoms in total. The van der Waals surface area contributed by atoms with E-state index in [-0.39, 0.29) is 5.91 Å². The van der Waals surface area contributed by atoms with Crippen LogP contribution in [0.25, 0.3) is 0 Å². The Balaban J connectivity index is 1.98. The molecule has 1 aromatic carbocycles. The largest absolute Gasteiger partial charge is 0.480 e. The minimum absolute atomic E-state index is 0.0327. The van der Waals surface area contributed by atoms with E-state index in [4.69, 9.17) is 4.74 Å². The van der Waals surface area contributed by atoms with E-state index in [1.807, 2.05) is 26.0 Å². The number of benzene rings is 1. The lowest BCUT2D eigenvalue weighted by atomic mass is 9.95. The minimum Gasteiger partial charge on any atom is -0.480 e. The first-order valence-electron chi connectivity index (χ1n) is 8.15. The zero-order valence-electron chi connectivity index (χ0n) is 13.4. The van der Waals surface area contributed by atoms with Gasteiger partial charge in [-0.25, -0.2) is 0 Å². The summed E-state index contributed by atoms with van der Waals surface area (Å²) < 4.78 is 5.97.